The Morgan fingerprint density at radius 2 is 2.29 bits per heavy atom. The molecular formula is C11H14ClNO. The van der Waals surface area contributed by atoms with Crippen molar-refractivity contribution < 1.29 is 5.11 Å². The summed E-state index contributed by atoms with van der Waals surface area (Å²) >= 11 is 5.93. The SMILES string of the molecule is Cc1ccc(Cl)cc1C1(O)CCNC1. The molecule has 3 heteroatoms. The molecule has 0 bridgehead atoms. The van der Waals surface area contributed by atoms with Gasteiger partial charge < -0.3 is 10.4 Å². The van der Waals surface area contributed by atoms with E-state index in [-0.39, 0.29) is 0 Å². The molecule has 1 heterocycles. The van der Waals surface area contributed by atoms with E-state index in [1.54, 1.807) is 0 Å². The zero-order valence-electron chi connectivity index (χ0n) is 8.18. The molecule has 1 atom stereocenters. The Labute approximate surface area is 88.9 Å². The summed E-state index contributed by atoms with van der Waals surface area (Å²) in [5.41, 5.74) is 1.32. The fraction of sp³-hybridized carbons (Fsp3) is 0.455. The monoisotopic (exact) mass is 211 g/mol. The number of rotatable bonds is 1. The first-order chi connectivity index (χ1) is 6.62. The van der Waals surface area contributed by atoms with Crippen LogP contribution in [0.15, 0.2) is 18.2 Å². The summed E-state index contributed by atoms with van der Waals surface area (Å²) in [5, 5.41) is 14.2. The summed E-state index contributed by atoms with van der Waals surface area (Å²) in [6, 6.07) is 5.67. The van der Waals surface area contributed by atoms with Crippen LogP contribution in [0.3, 0.4) is 0 Å². The van der Waals surface area contributed by atoms with E-state index in [4.69, 9.17) is 11.6 Å². The Hall–Kier alpha value is -0.570. The molecule has 2 rings (SSSR count). The number of hydrogen-bond donors (Lipinski definition) is 2. The molecule has 1 aliphatic rings. The maximum atomic E-state index is 10.3. The van der Waals surface area contributed by atoms with Gasteiger partial charge in [0, 0.05) is 11.6 Å². The minimum Gasteiger partial charge on any atom is -0.384 e. The van der Waals surface area contributed by atoms with Crippen molar-refractivity contribution in [2.75, 3.05) is 13.1 Å². The largest absolute Gasteiger partial charge is 0.384 e. The molecular weight excluding hydrogens is 198 g/mol. The van der Waals surface area contributed by atoms with Crippen molar-refractivity contribution in [1.82, 2.24) is 5.32 Å². The van der Waals surface area contributed by atoms with Gasteiger partial charge in [-0.15, -0.1) is 0 Å². The second-order valence-electron chi connectivity index (χ2n) is 3.92. The van der Waals surface area contributed by atoms with E-state index in [0.717, 1.165) is 24.1 Å². The topological polar surface area (TPSA) is 32.3 Å². The number of β-amino-alcohol motifs (C(OH)–C–C–N with tert-alkyl or cyclic N) is 1. The van der Waals surface area contributed by atoms with Gasteiger partial charge in [0.15, 0.2) is 0 Å². The molecule has 1 fully saturated rings. The molecule has 2 nitrogen and oxygen atoms in total. The van der Waals surface area contributed by atoms with E-state index in [0.29, 0.717) is 11.6 Å². The van der Waals surface area contributed by atoms with Gasteiger partial charge in [0.1, 0.15) is 5.60 Å². The van der Waals surface area contributed by atoms with Gasteiger partial charge in [-0.05, 0) is 43.1 Å². The van der Waals surface area contributed by atoms with Crippen LogP contribution in [0, 0.1) is 6.92 Å². The number of nitrogens with one attached hydrogen (secondary N) is 1. The lowest BCUT2D eigenvalue weighted by atomic mass is 9.89. The van der Waals surface area contributed by atoms with Crippen molar-refractivity contribution in [3.8, 4) is 0 Å². The van der Waals surface area contributed by atoms with Crippen molar-refractivity contribution in [1.29, 1.82) is 0 Å². The number of aliphatic hydroxyl groups is 1. The van der Waals surface area contributed by atoms with E-state index in [2.05, 4.69) is 5.32 Å². The molecule has 0 radical (unpaired) electrons. The van der Waals surface area contributed by atoms with Crippen molar-refractivity contribution in [2.24, 2.45) is 0 Å². The lowest BCUT2D eigenvalue weighted by molar-refractivity contribution is 0.0581. The minimum absolute atomic E-state index is 0.619. The lowest BCUT2D eigenvalue weighted by Crippen LogP contribution is -2.29. The lowest BCUT2D eigenvalue weighted by Gasteiger charge is -2.24. The second-order valence-corrected chi connectivity index (χ2v) is 4.35. The number of benzene rings is 1. The van der Waals surface area contributed by atoms with Crippen molar-refractivity contribution in [3.05, 3.63) is 34.3 Å². The van der Waals surface area contributed by atoms with Crippen LogP contribution >= 0.6 is 11.6 Å². The molecule has 1 saturated heterocycles. The third kappa shape index (κ3) is 1.65. The van der Waals surface area contributed by atoms with Crippen LogP contribution < -0.4 is 5.32 Å². The van der Waals surface area contributed by atoms with Crippen LogP contribution in [0.2, 0.25) is 5.02 Å². The van der Waals surface area contributed by atoms with Gasteiger partial charge in [-0.3, -0.25) is 0 Å². The molecule has 1 aliphatic heterocycles. The van der Waals surface area contributed by atoms with Gasteiger partial charge in [-0.25, -0.2) is 0 Å². The zero-order chi connectivity index (χ0) is 10.2. The second kappa shape index (κ2) is 3.54. The maximum absolute atomic E-state index is 10.3. The predicted octanol–water partition coefficient (Wildman–Crippen LogP) is 1.83. The number of hydrogen-bond acceptors (Lipinski definition) is 2. The van der Waals surface area contributed by atoms with E-state index in [1.165, 1.54) is 0 Å². The van der Waals surface area contributed by atoms with Crippen LogP contribution in [-0.4, -0.2) is 18.2 Å². The summed E-state index contributed by atoms with van der Waals surface area (Å²) in [4.78, 5) is 0. The van der Waals surface area contributed by atoms with Crippen LogP contribution in [0.4, 0.5) is 0 Å². The van der Waals surface area contributed by atoms with Crippen LogP contribution in [0.5, 0.6) is 0 Å². The zero-order valence-corrected chi connectivity index (χ0v) is 8.93. The van der Waals surface area contributed by atoms with Crippen LogP contribution in [0.1, 0.15) is 17.5 Å². The van der Waals surface area contributed by atoms with Crippen LogP contribution in [0.25, 0.3) is 0 Å². The first-order valence-corrected chi connectivity index (χ1v) is 5.19. The smallest absolute Gasteiger partial charge is 0.103 e. The van der Waals surface area contributed by atoms with Gasteiger partial charge in [0.05, 0.1) is 0 Å². The highest BCUT2D eigenvalue weighted by Crippen LogP contribution is 2.31. The molecule has 0 aromatic heterocycles. The average Bonchev–Trinajstić information content (AvgIpc) is 2.58. The number of halogens is 1. The molecule has 0 amide bonds. The van der Waals surface area contributed by atoms with Gasteiger partial charge >= 0.3 is 0 Å². The van der Waals surface area contributed by atoms with Crippen LogP contribution in [-0.2, 0) is 5.60 Å². The molecule has 14 heavy (non-hydrogen) atoms. The Morgan fingerprint density at radius 1 is 1.50 bits per heavy atom. The molecule has 76 valence electrons. The summed E-state index contributed by atoms with van der Waals surface area (Å²) in [5.74, 6) is 0. The summed E-state index contributed by atoms with van der Waals surface area (Å²) in [7, 11) is 0. The highest BCUT2D eigenvalue weighted by molar-refractivity contribution is 6.30. The minimum atomic E-state index is -0.727. The normalized spacial score (nSPS) is 26.8. The molecule has 1 aromatic carbocycles. The van der Waals surface area contributed by atoms with Gasteiger partial charge in [-0.1, -0.05) is 17.7 Å². The first-order valence-electron chi connectivity index (χ1n) is 4.81. The molecule has 0 aliphatic carbocycles. The third-order valence-electron chi connectivity index (χ3n) is 2.83. The summed E-state index contributed by atoms with van der Waals surface area (Å²) < 4.78 is 0. The summed E-state index contributed by atoms with van der Waals surface area (Å²) in [6.45, 7) is 3.48. The maximum Gasteiger partial charge on any atom is 0.103 e. The predicted molar refractivity (Wildman–Crippen MR) is 57.6 cm³/mol. The highest BCUT2D eigenvalue weighted by Gasteiger charge is 2.34. The quantitative estimate of drug-likeness (QED) is 0.743. The summed E-state index contributed by atoms with van der Waals surface area (Å²) in [6.07, 6.45) is 0.758. The average molecular weight is 212 g/mol. The van der Waals surface area contributed by atoms with Gasteiger partial charge in [-0.2, -0.15) is 0 Å². The standard InChI is InChI=1S/C11H14ClNO/c1-8-2-3-9(12)6-10(8)11(14)4-5-13-7-11/h2-3,6,13-14H,4-5,7H2,1H3. The molecule has 1 aromatic rings. The molecule has 0 saturated carbocycles. The Kier molecular flexibility index (Phi) is 2.52. The highest BCUT2D eigenvalue weighted by atomic mass is 35.5. The molecule has 0 spiro atoms. The Balaban J connectivity index is 2.44. The van der Waals surface area contributed by atoms with Gasteiger partial charge in [0.2, 0.25) is 0 Å². The van der Waals surface area contributed by atoms with E-state index in [9.17, 15) is 5.11 Å². The van der Waals surface area contributed by atoms with E-state index >= 15 is 0 Å². The molecule has 2 N–H and O–H groups in total. The Bertz CT molecular complexity index is 345. The number of aryl methyl sites for hydroxylation is 1. The Morgan fingerprint density at radius 3 is 2.93 bits per heavy atom. The van der Waals surface area contributed by atoms with E-state index in [1.807, 2.05) is 25.1 Å². The fourth-order valence-electron chi connectivity index (χ4n) is 2.00. The van der Waals surface area contributed by atoms with E-state index < -0.39 is 5.60 Å². The van der Waals surface area contributed by atoms with Crippen molar-refractivity contribution in [2.45, 2.75) is 18.9 Å². The fourth-order valence-corrected chi connectivity index (χ4v) is 2.18. The first kappa shape index (κ1) is 9.97. The van der Waals surface area contributed by atoms with Crippen molar-refractivity contribution in [3.63, 3.8) is 0 Å². The molecule has 1 unspecified atom stereocenters. The van der Waals surface area contributed by atoms with Crippen molar-refractivity contribution >= 4 is 11.6 Å². The van der Waals surface area contributed by atoms with Gasteiger partial charge in [0.25, 0.3) is 0 Å². The third-order valence-corrected chi connectivity index (χ3v) is 3.07.